The van der Waals surface area contributed by atoms with E-state index in [4.69, 9.17) is 11.5 Å². The van der Waals surface area contributed by atoms with Crippen molar-refractivity contribution in [1.29, 1.82) is 0 Å². The van der Waals surface area contributed by atoms with Crippen LogP contribution in [0.5, 0.6) is 0 Å². The topological polar surface area (TPSA) is 150 Å². The number of halogens is 1. The van der Waals surface area contributed by atoms with Gasteiger partial charge in [-0.25, -0.2) is 16.8 Å². The highest BCUT2D eigenvalue weighted by Gasteiger charge is 2.33. The Bertz CT molecular complexity index is 917. The van der Waals surface area contributed by atoms with Gasteiger partial charge in [0, 0.05) is 11.8 Å². The first-order chi connectivity index (χ1) is 11.5. The molecule has 4 N–H and O–H groups in total. The molecule has 1 saturated carbocycles. The summed E-state index contributed by atoms with van der Waals surface area (Å²) in [7, 11) is -7.70. The number of carbonyl (C=O) groups excluding carboxylic acids is 1. The molecule has 1 aromatic rings. The molecule has 0 spiro atoms. The fraction of sp³-hybridized carbons (Fsp3) is 0.467. The Labute approximate surface area is 159 Å². The SMILES string of the molecule is CS(=O)(=O)c1cc(C(=O)N=C(N)N)ccc1S(=O)(=O)C1CCCCC1.Cl. The lowest BCUT2D eigenvalue weighted by atomic mass is 10.0. The third-order valence-electron chi connectivity index (χ3n) is 4.12. The number of guanidine groups is 1. The Kier molecular flexibility index (Phi) is 7.20. The van der Waals surface area contributed by atoms with Gasteiger partial charge in [0.2, 0.25) is 0 Å². The van der Waals surface area contributed by atoms with Crippen LogP contribution in [0.4, 0.5) is 0 Å². The molecule has 0 saturated heterocycles. The zero-order chi connectivity index (χ0) is 18.8. The number of nitrogens with two attached hydrogens (primary N) is 2. The van der Waals surface area contributed by atoms with Crippen molar-refractivity contribution in [1.82, 2.24) is 0 Å². The lowest BCUT2D eigenvalue weighted by molar-refractivity contribution is 0.100. The summed E-state index contributed by atoms with van der Waals surface area (Å²) in [4.78, 5) is 14.6. The summed E-state index contributed by atoms with van der Waals surface area (Å²) in [6, 6.07) is 3.38. The van der Waals surface area contributed by atoms with Crippen LogP contribution < -0.4 is 11.5 Å². The maximum absolute atomic E-state index is 12.9. The van der Waals surface area contributed by atoms with Crippen molar-refractivity contribution >= 4 is 43.9 Å². The number of amides is 1. The highest BCUT2D eigenvalue weighted by atomic mass is 35.5. The van der Waals surface area contributed by atoms with Crippen LogP contribution in [0.1, 0.15) is 42.5 Å². The first-order valence-corrected chi connectivity index (χ1v) is 11.2. The van der Waals surface area contributed by atoms with E-state index in [9.17, 15) is 21.6 Å². The molecule has 2 rings (SSSR count). The van der Waals surface area contributed by atoms with Gasteiger partial charge >= 0.3 is 0 Å². The quantitative estimate of drug-likeness (QED) is 0.542. The van der Waals surface area contributed by atoms with E-state index in [0.29, 0.717) is 12.8 Å². The molecule has 8 nitrogen and oxygen atoms in total. The molecule has 0 unspecified atom stereocenters. The van der Waals surface area contributed by atoms with E-state index in [1.165, 1.54) is 6.07 Å². The fourth-order valence-electron chi connectivity index (χ4n) is 2.90. The fourth-order valence-corrected chi connectivity index (χ4v) is 6.39. The van der Waals surface area contributed by atoms with Gasteiger partial charge in [-0.3, -0.25) is 4.79 Å². The smallest absolute Gasteiger partial charge is 0.280 e. The van der Waals surface area contributed by atoms with Crippen LogP contribution in [-0.4, -0.2) is 40.2 Å². The normalized spacial score (nSPS) is 15.7. The largest absolute Gasteiger partial charge is 0.370 e. The summed E-state index contributed by atoms with van der Waals surface area (Å²) in [5.41, 5.74) is 10.2. The van der Waals surface area contributed by atoms with Gasteiger partial charge in [0.15, 0.2) is 25.6 Å². The number of sulfone groups is 2. The number of hydrogen-bond donors (Lipinski definition) is 2. The molecule has 0 aromatic heterocycles. The first kappa shape index (κ1) is 22.4. The number of benzene rings is 1. The van der Waals surface area contributed by atoms with Gasteiger partial charge in [-0.2, -0.15) is 4.99 Å². The van der Waals surface area contributed by atoms with Crippen LogP contribution in [0.3, 0.4) is 0 Å². The number of hydrogen-bond acceptors (Lipinski definition) is 5. The summed E-state index contributed by atoms with van der Waals surface area (Å²) in [5.74, 6) is -1.31. The van der Waals surface area contributed by atoms with Crippen LogP contribution in [0.15, 0.2) is 33.0 Å². The lowest BCUT2D eigenvalue weighted by Crippen LogP contribution is -2.26. The summed E-state index contributed by atoms with van der Waals surface area (Å²) >= 11 is 0. The molecule has 11 heteroatoms. The lowest BCUT2D eigenvalue weighted by Gasteiger charge is -2.23. The minimum Gasteiger partial charge on any atom is -0.370 e. The molecule has 0 radical (unpaired) electrons. The van der Waals surface area contributed by atoms with Crippen LogP contribution in [0.25, 0.3) is 0 Å². The van der Waals surface area contributed by atoms with E-state index in [0.717, 1.165) is 37.7 Å². The molecule has 1 fully saturated rings. The predicted octanol–water partition coefficient (Wildman–Crippen LogP) is 1.03. The molecule has 1 aromatic carbocycles. The zero-order valence-corrected chi connectivity index (χ0v) is 16.7. The van der Waals surface area contributed by atoms with Crippen molar-refractivity contribution in [3.05, 3.63) is 23.8 Å². The van der Waals surface area contributed by atoms with Crippen LogP contribution in [0, 0.1) is 0 Å². The van der Waals surface area contributed by atoms with Crippen LogP contribution in [-0.2, 0) is 19.7 Å². The van der Waals surface area contributed by atoms with Gasteiger partial charge in [0.05, 0.1) is 15.0 Å². The van der Waals surface area contributed by atoms with Gasteiger partial charge in [0.1, 0.15) is 0 Å². The van der Waals surface area contributed by atoms with E-state index < -0.39 is 41.7 Å². The Balaban J connectivity index is 0.00000338. The molecule has 0 heterocycles. The standard InChI is InChI=1S/C15H21N3O5S2.ClH/c1-24(20,21)13-9-10(14(19)18-15(16)17)7-8-12(13)25(22,23)11-5-3-2-4-6-11;/h7-9,11H,2-6H2,1H3,(H4,16,17,18,19);1H. The minimum absolute atomic E-state index is 0. The highest BCUT2D eigenvalue weighted by Crippen LogP contribution is 2.32. The van der Waals surface area contributed by atoms with Crippen molar-refractivity contribution in [3.63, 3.8) is 0 Å². The van der Waals surface area contributed by atoms with Crippen molar-refractivity contribution in [2.45, 2.75) is 47.1 Å². The minimum atomic E-state index is -3.88. The summed E-state index contributed by atoms with van der Waals surface area (Å²) in [5, 5.41) is -0.610. The van der Waals surface area contributed by atoms with Gasteiger partial charge in [-0.1, -0.05) is 19.3 Å². The van der Waals surface area contributed by atoms with Crippen molar-refractivity contribution < 1.29 is 21.6 Å². The monoisotopic (exact) mass is 423 g/mol. The molecule has 1 aliphatic rings. The Morgan fingerprint density at radius 3 is 2.12 bits per heavy atom. The second-order valence-electron chi connectivity index (χ2n) is 6.08. The second kappa shape index (κ2) is 8.36. The number of carbonyl (C=O) groups is 1. The van der Waals surface area contributed by atoms with Crippen LogP contribution in [0.2, 0.25) is 0 Å². The molecule has 0 atom stereocenters. The summed E-state index contributed by atoms with van der Waals surface area (Å²) in [6.07, 6.45) is 4.45. The number of rotatable bonds is 4. The molecule has 26 heavy (non-hydrogen) atoms. The third kappa shape index (κ3) is 4.95. The highest BCUT2D eigenvalue weighted by molar-refractivity contribution is 7.94. The number of nitrogens with zero attached hydrogens (tertiary/aromatic N) is 1. The average molecular weight is 424 g/mol. The first-order valence-electron chi connectivity index (χ1n) is 7.75. The van der Waals surface area contributed by atoms with Crippen LogP contribution >= 0.6 is 12.4 Å². The molecule has 1 amide bonds. The number of aliphatic imine (C=N–C) groups is 1. The zero-order valence-electron chi connectivity index (χ0n) is 14.2. The maximum Gasteiger partial charge on any atom is 0.280 e. The molecular formula is C15H22ClN3O5S2. The van der Waals surface area contributed by atoms with Gasteiger partial charge < -0.3 is 11.5 Å². The molecule has 0 aliphatic heterocycles. The second-order valence-corrected chi connectivity index (χ2v) is 10.3. The van der Waals surface area contributed by atoms with E-state index in [1.54, 1.807) is 0 Å². The van der Waals surface area contributed by atoms with Crippen molar-refractivity contribution in [2.75, 3.05) is 6.26 Å². The van der Waals surface area contributed by atoms with E-state index in [-0.39, 0.29) is 22.9 Å². The van der Waals surface area contributed by atoms with Gasteiger partial charge in [-0.05, 0) is 31.0 Å². The van der Waals surface area contributed by atoms with E-state index in [1.807, 2.05) is 0 Å². The molecule has 146 valence electrons. The maximum atomic E-state index is 12.9. The van der Waals surface area contributed by atoms with Gasteiger partial charge in [0.25, 0.3) is 5.91 Å². The van der Waals surface area contributed by atoms with Crippen molar-refractivity contribution in [3.8, 4) is 0 Å². The molecule has 1 aliphatic carbocycles. The summed E-state index contributed by atoms with van der Waals surface area (Å²) in [6.45, 7) is 0. The predicted molar refractivity (Wildman–Crippen MR) is 101 cm³/mol. The molecular weight excluding hydrogens is 402 g/mol. The molecule has 0 bridgehead atoms. The Morgan fingerprint density at radius 2 is 1.62 bits per heavy atom. The van der Waals surface area contributed by atoms with E-state index in [2.05, 4.69) is 4.99 Å². The Morgan fingerprint density at radius 1 is 1.04 bits per heavy atom. The van der Waals surface area contributed by atoms with Gasteiger partial charge in [-0.15, -0.1) is 12.4 Å². The summed E-state index contributed by atoms with van der Waals surface area (Å²) < 4.78 is 50.0. The van der Waals surface area contributed by atoms with Crippen molar-refractivity contribution in [2.24, 2.45) is 16.5 Å². The Hall–Kier alpha value is -1.65. The average Bonchev–Trinajstić information content (AvgIpc) is 2.53. The van der Waals surface area contributed by atoms with E-state index >= 15 is 0 Å². The third-order valence-corrected chi connectivity index (χ3v) is 7.70.